The Morgan fingerprint density at radius 3 is 2.56 bits per heavy atom. The molecule has 138 valence electrons. The average molecular weight is 366 g/mol. The van der Waals surface area contributed by atoms with Crippen molar-refractivity contribution >= 4 is 23.3 Å². The summed E-state index contributed by atoms with van der Waals surface area (Å²) in [6, 6.07) is 11.9. The van der Waals surface area contributed by atoms with E-state index in [0.29, 0.717) is 17.9 Å². The molecule has 0 aliphatic heterocycles. The fraction of sp³-hybridized carbons (Fsp3) is 0.200. The zero-order valence-electron chi connectivity index (χ0n) is 14.5. The van der Waals surface area contributed by atoms with Crippen molar-refractivity contribution in [1.82, 2.24) is 0 Å². The van der Waals surface area contributed by atoms with Crippen LogP contribution >= 0.6 is 0 Å². The highest BCUT2D eigenvalue weighted by Crippen LogP contribution is 2.23. The van der Waals surface area contributed by atoms with Gasteiger partial charge in [0.15, 0.2) is 0 Å². The van der Waals surface area contributed by atoms with Crippen molar-refractivity contribution in [3.8, 4) is 5.75 Å². The summed E-state index contributed by atoms with van der Waals surface area (Å²) in [7, 11) is 0. The van der Waals surface area contributed by atoms with Crippen LogP contribution in [0.25, 0.3) is 0 Å². The third-order valence-electron chi connectivity index (χ3n) is 4.25. The molecule has 0 aromatic heterocycles. The summed E-state index contributed by atoms with van der Waals surface area (Å²) in [6.07, 6.45) is 6.40. The Bertz CT molecular complexity index is 890. The number of carbonyl (C=O) groups is 2. The third kappa shape index (κ3) is 4.78. The molecule has 0 bridgehead atoms. The number of allylic oxidation sites excluding steroid dienone is 2. The number of nitro groups is 1. The molecule has 1 N–H and O–H groups in total. The maximum Gasteiger partial charge on any atom is 0.314 e. The molecule has 7 nitrogen and oxygen atoms in total. The Morgan fingerprint density at radius 1 is 1.11 bits per heavy atom. The summed E-state index contributed by atoms with van der Waals surface area (Å²) >= 11 is 0. The van der Waals surface area contributed by atoms with Gasteiger partial charge in [-0.25, -0.2) is 0 Å². The van der Waals surface area contributed by atoms with Gasteiger partial charge in [-0.3, -0.25) is 19.7 Å². The lowest BCUT2D eigenvalue weighted by Crippen LogP contribution is -2.21. The molecule has 0 heterocycles. The molecule has 0 saturated carbocycles. The molecule has 2 aromatic carbocycles. The van der Waals surface area contributed by atoms with Gasteiger partial charge in [0.2, 0.25) is 0 Å². The maximum absolute atomic E-state index is 12.2. The summed E-state index contributed by atoms with van der Waals surface area (Å²) in [6.45, 7) is 0. The van der Waals surface area contributed by atoms with Gasteiger partial charge < -0.3 is 10.1 Å². The molecule has 27 heavy (non-hydrogen) atoms. The molecule has 7 heteroatoms. The average Bonchev–Trinajstić information content (AvgIpc) is 2.70. The number of hydrogen-bond acceptors (Lipinski definition) is 5. The zero-order valence-corrected chi connectivity index (χ0v) is 14.5. The number of ether oxygens (including phenoxy) is 1. The number of rotatable bonds is 5. The van der Waals surface area contributed by atoms with E-state index >= 15 is 0 Å². The van der Waals surface area contributed by atoms with Crippen molar-refractivity contribution in [2.24, 2.45) is 5.92 Å². The van der Waals surface area contributed by atoms with Gasteiger partial charge in [-0.2, -0.15) is 0 Å². The molecule has 1 amide bonds. The van der Waals surface area contributed by atoms with Crippen molar-refractivity contribution in [2.45, 2.75) is 19.3 Å². The SMILES string of the molecule is O=C(Nc1ccc(OC(=O)[C@H]2CC=CCC2)cc1)c1cccc([N+](=O)[O-])c1. The number of non-ortho nitro benzene ring substituents is 1. The van der Waals surface area contributed by atoms with Gasteiger partial charge in [0.05, 0.1) is 10.8 Å². The van der Waals surface area contributed by atoms with E-state index in [4.69, 9.17) is 4.74 Å². The minimum atomic E-state index is -0.554. The summed E-state index contributed by atoms with van der Waals surface area (Å²) in [5, 5.41) is 13.5. The number of benzene rings is 2. The molecular formula is C20H18N2O5. The highest BCUT2D eigenvalue weighted by molar-refractivity contribution is 6.04. The zero-order chi connectivity index (χ0) is 19.2. The topological polar surface area (TPSA) is 98.5 Å². The van der Waals surface area contributed by atoms with Crippen LogP contribution in [0.4, 0.5) is 11.4 Å². The first kappa shape index (κ1) is 18.3. The molecule has 1 aliphatic carbocycles. The quantitative estimate of drug-likeness (QED) is 0.282. The van der Waals surface area contributed by atoms with E-state index in [1.165, 1.54) is 24.3 Å². The number of carbonyl (C=O) groups excluding carboxylic acids is 2. The molecule has 0 radical (unpaired) electrons. The molecule has 1 aliphatic rings. The van der Waals surface area contributed by atoms with Crippen LogP contribution in [-0.4, -0.2) is 16.8 Å². The van der Waals surface area contributed by atoms with Gasteiger partial charge >= 0.3 is 5.97 Å². The smallest absolute Gasteiger partial charge is 0.314 e. The molecule has 0 spiro atoms. The number of hydrogen-bond donors (Lipinski definition) is 1. The van der Waals surface area contributed by atoms with Crippen LogP contribution in [-0.2, 0) is 4.79 Å². The van der Waals surface area contributed by atoms with Crippen LogP contribution in [0.2, 0.25) is 0 Å². The molecule has 0 unspecified atom stereocenters. The largest absolute Gasteiger partial charge is 0.426 e. The Hall–Kier alpha value is -3.48. The van der Waals surface area contributed by atoms with E-state index in [-0.39, 0.29) is 23.1 Å². The standard InChI is InChI=1S/C20H18N2O5/c23-19(15-7-4-8-17(13-15)22(25)26)21-16-9-11-18(12-10-16)27-20(24)14-5-2-1-3-6-14/h1-2,4,7-14H,3,5-6H2,(H,21,23)/t14-/m0/s1. The van der Waals surface area contributed by atoms with Crippen molar-refractivity contribution < 1.29 is 19.2 Å². The normalized spacial score (nSPS) is 15.8. The van der Waals surface area contributed by atoms with E-state index in [9.17, 15) is 19.7 Å². The van der Waals surface area contributed by atoms with Gasteiger partial charge in [0.25, 0.3) is 11.6 Å². The first-order valence-electron chi connectivity index (χ1n) is 8.55. The molecule has 0 fully saturated rings. The Labute approximate surface area is 155 Å². The summed E-state index contributed by atoms with van der Waals surface area (Å²) in [4.78, 5) is 34.6. The van der Waals surface area contributed by atoms with Crippen LogP contribution < -0.4 is 10.1 Å². The van der Waals surface area contributed by atoms with Crippen LogP contribution in [0, 0.1) is 16.0 Å². The summed E-state index contributed by atoms with van der Waals surface area (Å²) in [5.74, 6) is -0.434. The second kappa shape index (κ2) is 8.27. The van der Waals surface area contributed by atoms with E-state index in [1.807, 2.05) is 6.08 Å². The second-order valence-corrected chi connectivity index (χ2v) is 6.19. The monoisotopic (exact) mass is 366 g/mol. The highest BCUT2D eigenvalue weighted by Gasteiger charge is 2.20. The van der Waals surface area contributed by atoms with Gasteiger partial charge in [0, 0.05) is 23.4 Å². The number of nitro benzene ring substituents is 1. The van der Waals surface area contributed by atoms with E-state index in [1.54, 1.807) is 24.3 Å². The maximum atomic E-state index is 12.2. The lowest BCUT2D eigenvalue weighted by atomic mass is 9.95. The van der Waals surface area contributed by atoms with Crippen molar-refractivity contribution in [2.75, 3.05) is 5.32 Å². The summed E-state index contributed by atoms with van der Waals surface area (Å²) < 4.78 is 5.38. The van der Waals surface area contributed by atoms with Gasteiger partial charge in [-0.15, -0.1) is 0 Å². The van der Waals surface area contributed by atoms with Gasteiger partial charge in [0.1, 0.15) is 5.75 Å². The Kier molecular flexibility index (Phi) is 5.61. The fourth-order valence-corrected chi connectivity index (χ4v) is 2.78. The van der Waals surface area contributed by atoms with E-state index < -0.39 is 10.8 Å². The fourth-order valence-electron chi connectivity index (χ4n) is 2.78. The molecule has 1 atom stereocenters. The minimum absolute atomic E-state index is 0.122. The summed E-state index contributed by atoms with van der Waals surface area (Å²) in [5.41, 5.74) is 0.527. The predicted octanol–water partition coefficient (Wildman–Crippen LogP) is 4.11. The van der Waals surface area contributed by atoms with Crippen LogP contribution in [0.5, 0.6) is 5.75 Å². The molecule has 3 rings (SSSR count). The minimum Gasteiger partial charge on any atom is -0.426 e. The van der Waals surface area contributed by atoms with Crippen molar-refractivity contribution in [3.63, 3.8) is 0 Å². The van der Waals surface area contributed by atoms with Crippen molar-refractivity contribution in [3.05, 3.63) is 76.4 Å². The number of amides is 1. The van der Waals surface area contributed by atoms with Crippen molar-refractivity contribution in [1.29, 1.82) is 0 Å². The molecule has 2 aromatic rings. The van der Waals surface area contributed by atoms with Gasteiger partial charge in [-0.1, -0.05) is 18.2 Å². The first-order chi connectivity index (χ1) is 13.0. The highest BCUT2D eigenvalue weighted by atomic mass is 16.6. The van der Waals surface area contributed by atoms with E-state index in [0.717, 1.165) is 12.8 Å². The van der Waals surface area contributed by atoms with E-state index in [2.05, 4.69) is 11.4 Å². The van der Waals surface area contributed by atoms with Crippen LogP contribution in [0.15, 0.2) is 60.7 Å². The second-order valence-electron chi connectivity index (χ2n) is 6.19. The number of nitrogens with zero attached hydrogens (tertiary/aromatic N) is 1. The number of nitrogens with one attached hydrogen (secondary N) is 1. The Balaban J connectivity index is 1.61. The molecular weight excluding hydrogens is 348 g/mol. The third-order valence-corrected chi connectivity index (χ3v) is 4.25. The Morgan fingerprint density at radius 2 is 1.89 bits per heavy atom. The van der Waals surface area contributed by atoms with Crippen LogP contribution in [0.1, 0.15) is 29.6 Å². The van der Waals surface area contributed by atoms with Crippen LogP contribution in [0.3, 0.4) is 0 Å². The lowest BCUT2D eigenvalue weighted by molar-refractivity contribution is -0.384. The first-order valence-corrected chi connectivity index (χ1v) is 8.55. The number of anilines is 1. The number of esters is 1. The molecule has 0 saturated heterocycles. The predicted molar refractivity (Wildman–Crippen MR) is 99.6 cm³/mol. The lowest BCUT2D eigenvalue weighted by Gasteiger charge is -2.16. The van der Waals surface area contributed by atoms with Gasteiger partial charge in [-0.05, 0) is 49.6 Å².